The molecule has 0 bridgehead atoms. The zero-order valence-corrected chi connectivity index (χ0v) is 21.1. The second kappa shape index (κ2) is 11.9. The van der Waals surface area contributed by atoms with Crippen LogP contribution in [0.4, 0.5) is 39.5 Å². The third kappa shape index (κ3) is 6.08. The van der Waals surface area contributed by atoms with Crippen molar-refractivity contribution >= 4 is 0 Å². The minimum atomic E-state index is -4.82. The summed E-state index contributed by atoms with van der Waals surface area (Å²) in [5.74, 6) is -13.6. The van der Waals surface area contributed by atoms with Crippen molar-refractivity contribution in [3.05, 3.63) is 100 Å². The number of ether oxygens (including phenoxy) is 2. The number of rotatable bonds is 9. The molecule has 2 nitrogen and oxygen atoms in total. The van der Waals surface area contributed by atoms with Crippen molar-refractivity contribution in [2.24, 2.45) is 0 Å². The van der Waals surface area contributed by atoms with Gasteiger partial charge in [0, 0.05) is 23.3 Å². The lowest BCUT2D eigenvalue weighted by atomic mass is 9.94. The standard InChI is InChI=1S/C29H23F9O2/c1-2-3-4-5-15-6-9-24(39-14-15)19-8-7-18(26(34)27(19)35)16-10-20(30)25(21(31)11-16)29(37,38)40-17-12-22(32)28(36)23(33)13-17/h7-8,10-14,24H,2-6,9H2,1H3. The van der Waals surface area contributed by atoms with Crippen LogP contribution < -0.4 is 4.74 Å². The van der Waals surface area contributed by atoms with E-state index in [0.29, 0.717) is 25.0 Å². The fraction of sp³-hybridized carbons (Fsp3) is 0.310. The maximum Gasteiger partial charge on any atom is 0.432 e. The minimum Gasteiger partial charge on any atom is -0.493 e. The second-order valence-corrected chi connectivity index (χ2v) is 9.36. The van der Waals surface area contributed by atoms with E-state index in [1.54, 1.807) is 0 Å². The molecule has 1 atom stereocenters. The number of unbranched alkanes of at least 4 members (excludes halogenated alkanes) is 2. The highest BCUT2D eigenvalue weighted by atomic mass is 19.3. The van der Waals surface area contributed by atoms with E-state index in [-0.39, 0.29) is 17.7 Å². The lowest BCUT2D eigenvalue weighted by molar-refractivity contribution is -0.189. The van der Waals surface area contributed by atoms with Gasteiger partial charge in [-0.1, -0.05) is 31.9 Å². The molecule has 40 heavy (non-hydrogen) atoms. The number of hydrogen-bond acceptors (Lipinski definition) is 2. The van der Waals surface area contributed by atoms with Crippen molar-refractivity contribution in [2.45, 2.75) is 57.7 Å². The molecule has 3 aromatic carbocycles. The van der Waals surface area contributed by atoms with Crippen LogP contribution in [0.1, 0.15) is 62.7 Å². The summed E-state index contributed by atoms with van der Waals surface area (Å²) in [5, 5.41) is 0. The summed E-state index contributed by atoms with van der Waals surface area (Å²) in [6, 6.07) is 3.03. The van der Waals surface area contributed by atoms with Crippen LogP contribution in [0.3, 0.4) is 0 Å². The van der Waals surface area contributed by atoms with Gasteiger partial charge in [0.1, 0.15) is 29.1 Å². The predicted molar refractivity (Wildman–Crippen MR) is 128 cm³/mol. The summed E-state index contributed by atoms with van der Waals surface area (Å²) in [4.78, 5) is 0. The normalized spacial score (nSPS) is 15.6. The average Bonchev–Trinajstić information content (AvgIpc) is 2.88. The number of halogens is 9. The monoisotopic (exact) mass is 574 g/mol. The summed E-state index contributed by atoms with van der Waals surface area (Å²) in [7, 11) is 0. The molecule has 0 spiro atoms. The van der Waals surface area contributed by atoms with Gasteiger partial charge in [-0.15, -0.1) is 0 Å². The Morgan fingerprint density at radius 3 is 2.05 bits per heavy atom. The van der Waals surface area contributed by atoms with Crippen molar-refractivity contribution in [1.82, 2.24) is 0 Å². The summed E-state index contributed by atoms with van der Waals surface area (Å²) < 4.78 is 138. The molecule has 0 saturated heterocycles. The maximum absolute atomic E-state index is 15.0. The van der Waals surface area contributed by atoms with Gasteiger partial charge in [-0.3, -0.25) is 0 Å². The van der Waals surface area contributed by atoms with Crippen LogP contribution in [0, 0.1) is 40.7 Å². The number of benzene rings is 3. The number of alkyl halides is 2. The summed E-state index contributed by atoms with van der Waals surface area (Å²) >= 11 is 0. The second-order valence-electron chi connectivity index (χ2n) is 9.36. The lowest BCUT2D eigenvalue weighted by Crippen LogP contribution is -2.25. The maximum atomic E-state index is 15.0. The fourth-order valence-corrected chi connectivity index (χ4v) is 4.47. The van der Waals surface area contributed by atoms with E-state index in [1.807, 2.05) is 0 Å². The molecular weight excluding hydrogens is 551 g/mol. The molecule has 1 unspecified atom stereocenters. The van der Waals surface area contributed by atoms with Crippen LogP contribution in [-0.2, 0) is 10.8 Å². The lowest BCUT2D eigenvalue weighted by Gasteiger charge is -2.24. The Bertz CT molecular complexity index is 1390. The molecule has 0 radical (unpaired) electrons. The van der Waals surface area contributed by atoms with Crippen LogP contribution in [0.15, 0.2) is 48.2 Å². The third-order valence-electron chi connectivity index (χ3n) is 6.53. The van der Waals surface area contributed by atoms with Gasteiger partial charge in [0.2, 0.25) is 0 Å². The molecule has 0 saturated carbocycles. The van der Waals surface area contributed by atoms with Gasteiger partial charge < -0.3 is 9.47 Å². The van der Waals surface area contributed by atoms with E-state index in [2.05, 4.69) is 11.7 Å². The molecule has 1 aliphatic heterocycles. The third-order valence-corrected chi connectivity index (χ3v) is 6.53. The Morgan fingerprint density at radius 2 is 1.48 bits per heavy atom. The fourth-order valence-electron chi connectivity index (χ4n) is 4.47. The SMILES string of the molecule is CCCCCC1=COC(c2ccc(-c3cc(F)c(C(F)(F)Oc4cc(F)c(F)c(F)c4)c(F)c3)c(F)c2F)CC1. The van der Waals surface area contributed by atoms with Crippen molar-refractivity contribution in [3.63, 3.8) is 0 Å². The van der Waals surface area contributed by atoms with E-state index in [4.69, 9.17) is 4.74 Å². The Kier molecular flexibility index (Phi) is 8.70. The Hall–Kier alpha value is -3.63. The smallest absolute Gasteiger partial charge is 0.432 e. The molecule has 1 heterocycles. The molecule has 0 N–H and O–H groups in total. The van der Waals surface area contributed by atoms with Crippen molar-refractivity contribution in [1.29, 1.82) is 0 Å². The van der Waals surface area contributed by atoms with E-state index in [1.165, 1.54) is 12.3 Å². The quantitative estimate of drug-likeness (QED) is 0.144. The minimum absolute atomic E-state index is 0.0648. The van der Waals surface area contributed by atoms with E-state index >= 15 is 4.39 Å². The molecule has 11 heteroatoms. The first kappa shape index (κ1) is 29.4. The van der Waals surface area contributed by atoms with E-state index < -0.39 is 75.4 Å². The predicted octanol–water partition coefficient (Wildman–Crippen LogP) is 9.77. The Morgan fingerprint density at radius 1 is 0.825 bits per heavy atom. The molecule has 4 rings (SSSR count). The van der Waals surface area contributed by atoms with Crippen molar-refractivity contribution in [3.8, 4) is 16.9 Å². The first-order chi connectivity index (χ1) is 18.9. The van der Waals surface area contributed by atoms with Crippen molar-refractivity contribution in [2.75, 3.05) is 0 Å². The number of allylic oxidation sites excluding steroid dienone is 1. The summed E-state index contributed by atoms with van der Waals surface area (Å²) in [5.41, 5.74) is -2.22. The zero-order chi connectivity index (χ0) is 29.2. The number of hydrogen-bond donors (Lipinski definition) is 0. The van der Waals surface area contributed by atoms with Crippen LogP contribution in [-0.4, -0.2) is 0 Å². The van der Waals surface area contributed by atoms with Crippen LogP contribution in [0.2, 0.25) is 0 Å². The molecule has 0 amide bonds. The molecule has 214 valence electrons. The molecule has 0 aliphatic carbocycles. The van der Waals surface area contributed by atoms with Gasteiger partial charge in [0.05, 0.1) is 6.26 Å². The van der Waals surface area contributed by atoms with Gasteiger partial charge in [-0.05, 0) is 49.0 Å². The van der Waals surface area contributed by atoms with Crippen molar-refractivity contribution < 1.29 is 49.0 Å². The van der Waals surface area contributed by atoms with Gasteiger partial charge in [0.15, 0.2) is 29.1 Å². The molecule has 0 aromatic heterocycles. The molecule has 3 aromatic rings. The average molecular weight is 574 g/mol. The molecular formula is C29H23F9O2. The highest BCUT2D eigenvalue weighted by Crippen LogP contribution is 2.40. The van der Waals surface area contributed by atoms with Crippen LogP contribution in [0.5, 0.6) is 5.75 Å². The van der Waals surface area contributed by atoms with E-state index in [0.717, 1.165) is 37.3 Å². The summed E-state index contributed by atoms with van der Waals surface area (Å²) in [6.07, 6.45) is 0.888. The molecule has 1 aliphatic rings. The Balaban J connectivity index is 1.58. The van der Waals surface area contributed by atoms with Gasteiger partial charge >= 0.3 is 6.11 Å². The van der Waals surface area contributed by atoms with Gasteiger partial charge in [0.25, 0.3) is 0 Å². The van der Waals surface area contributed by atoms with Crippen LogP contribution in [0.25, 0.3) is 11.1 Å². The van der Waals surface area contributed by atoms with E-state index in [9.17, 15) is 35.1 Å². The molecule has 0 fully saturated rings. The first-order valence-electron chi connectivity index (χ1n) is 12.5. The topological polar surface area (TPSA) is 18.5 Å². The highest BCUT2D eigenvalue weighted by Gasteiger charge is 2.42. The van der Waals surface area contributed by atoms with Crippen LogP contribution >= 0.6 is 0 Å². The first-order valence-corrected chi connectivity index (χ1v) is 12.5. The summed E-state index contributed by atoms with van der Waals surface area (Å²) in [6.45, 7) is 2.08. The highest BCUT2D eigenvalue weighted by molar-refractivity contribution is 5.66. The Labute approximate surface area is 224 Å². The van der Waals surface area contributed by atoms with Gasteiger partial charge in [-0.2, -0.15) is 8.78 Å². The van der Waals surface area contributed by atoms with Gasteiger partial charge in [-0.25, -0.2) is 30.7 Å². The zero-order valence-electron chi connectivity index (χ0n) is 21.1. The largest absolute Gasteiger partial charge is 0.493 e.